The monoisotopic (exact) mass is 375 g/mol. The molecule has 1 aromatic carbocycles. The van der Waals surface area contributed by atoms with Crippen LogP contribution in [0.2, 0.25) is 0 Å². The first kappa shape index (κ1) is 17.1. The van der Waals surface area contributed by atoms with E-state index in [9.17, 15) is 10.1 Å². The van der Waals surface area contributed by atoms with Crippen molar-refractivity contribution in [3.8, 4) is 6.07 Å². The van der Waals surface area contributed by atoms with Crippen LogP contribution in [0.15, 0.2) is 59.2 Å². The van der Waals surface area contributed by atoms with Gasteiger partial charge in [-0.3, -0.25) is 4.79 Å². The maximum atomic E-state index is 13.2. The van der Waals surface area contributed by atoms with E-state index in [0.717, 1.165) is 16.1 Å². The second-order valence-electron chi connectivity index (χ2n) is 6.31. The fraction of sp³-hybridized carbons (Fsp3) is 0.150. The lowest BCUT2D eigenvalue weighted by Gasteiger charge is -2.29. The van der Waals surface area contributed by atoms with E-state index in [1.807, 2.05) is 55.6 Å². The second-order valence-corrected chi connectivity index (χ2v) is 7.29. The summed E-state index contributed by atoms with van der Waals surface area (Å²) in [7, 11) is 0. The molecule has 3 aromatic rings. The Balaban J connectivity index is 1.79. The number of nitriles is 1. The van der Waals surface area contributed by atoms with Crippen LogP contribution in [0.4, 0.5) is 11.5 Å². The highest BCUT2D eigenvalue weighted by Crippen LogP contribution is 2.39. The van der Waals surface area contributed by atoms with Gasteiger partial charge in [-0.15, -0.1) is 11.3 Å². The molecule has 6 nitrogen and oxygen atoms in total. The molecule has 0 aliphatic carbocycles. The first-order valence-corrected chi connectivity index (χ1v) is 9.34. The molecule has 1 aliphatic heterocycles. The number of rotatable bonds is 3. The molecule has 0 radical (unpaired) electrons. The molecule has 3 heterocycles. The van der Waals surface area contributed by atoms with E-state index in [1.54, 1.807) is 16.0 Å². The number of amides is 1. The number of hydrogen-bond donors (Lipinski definition) is 2. The minimum atomic E-state index is -0.382. The van der Waals surface area contributed by atoms with Crippen LogP contribution in [0.25, 0.3) is 0 Å². The third kappa shape index (κ3) is 2.90. The zero-order valence-corrected chi connectivity index (χ0v) is 15.7. The summed E-state index contributed by atoms with van der Waals surface area (Å²) in [6.07, 6.45) is 1.53. The van der Waals surface area contributed by atoms with Crippen LogP contribution in [0.5, 0.6) is 0 Å². The molecule has 0 saturated heterocycles. The van der Waals surface area contributed by atoms with E-state index in [4.69, 9.17) is 0 Å². The molecule has 1 amide bonds. The van der Waals surface area contributed by atoms with Crippen molar-refractivity contribution in [3.63, 3.8) is 0 Å². The molecule has 0 spiro atoms. The van der Waals surface area contributed by atoms with Gasteiger partial charge in [0.25, 0.3) is 5.91 Å². The lowest BCUT2D eigenvalue weighted by atomic mass is 10.00. The number of hydrogen-bond acceptors (Lipinski definition) is 5. The van der Waals surface area contributed by atoms with Gasteiger partial charge >= 0.3 is 0 Å². The lowest BCUT2D eigenvalue weighted by Crippen LogP contribution is -2.31. The molecule has 1 aliphatic rings. The molecule has 1 atom stereocenters. The molecule has 134 valence electrons. The molecule has 7 heteroatoms. The number of allylic oxidation sites excluding steroid dienone is 1. The molecule has 4 rings (SSSR count). The van der Waals surface area contributed by atoms with Crippen LogP contribution in [-0.4, -0.2) is 15.7 Å². The van der Waals surface area contributed by atoms with Crippen molar-refractivity contribution in [1.82, 2.24) is 9.78 Å². The summed E-state index contributed by atoms with van der Waals surface area (Å²) >= 11 is 1.56. The van der Waals surface area contributed by atoms with E-state index < -0.39 is 0 Å². The van der Waals surface area contributed by atoms with E-state index in [2.05, 4.69) is 21.8 Å². The smallest absolute Gasteiger partial charge is 0.255 e. The number of anilines is 2. The lowest BCUT2D eigenvalue weighted by molar-refractivity contribution is -0.113. The minimum absolute atomic E-state index is 0.188. The van der Waals surface area contributed by atoms with Crippen LogP contribution in [0.3, 0.4) is 0 Å². The van der Waals surface area contributed by atoms with Gasteiger partial charge in [0.15, 0.2) is 0 Å². The van der Waals surface area contributed by atoms with Crippen LogP contribution < -0.4 is 10.6 Å². The zero-order chi connectivity index (χ0) is 19.0. The van der Waals surface area contributed by atoms with Gasteiger partial charge in [0.2, 0.25) is 0 Å². The first-order valence-electron chi connectivity index (χ1n) is 8.46. The molecule has 0 fully saturated rings. The second kappa shape index (κ2) is 6.74. The number of aromatic nitrogens is 2. The Morgan fingerprint density at radius 2 is 2.11 bits per heavy atom. The number of para-hydroxylation sites is 1. The summed E-state index contributed by atoms with van der Waals surface area (Å²) in [6.45, 7) is 3.81. The van der Waals surface area contributed by atoms with Gasteiger partial charge in [0, 0.05) is 16.3 Å². The molecular weight excluding hydrogens is 358 g/mol. The van der Waals surface area contributed by atoms with Gasteiger partial charge in [-0.25, -0.2) is 4.68 Å². The quantitative estimate of drug-likeness (QED) is 0.723. The Bertz CT molecular complexity index is 1090. The van der Waals surface area contributed by atoms with Gasteiger partial charge in [0.05, 0.1) is 11.8 Å². The molecular formula is C20H17N5OS. The fourth-order valence-corrected chi connectivity index (χ4v) is 4.06. The highest BCUT2D eigenvalue weighted by atomic mass is 32.1. The molecule has 2 N–H and O–H groups in total. The van der Waals surface area contributed by atoms with Crippen molar-refractivity contribution >= 4 is 28.7 Å². The maximum absolute atomic E-state index is 13.2. The van der Waals surface area contributed by atoms with Gasteiger partial charge in [0.1, 0.15) is 23.5 Å². The van der Waals surface area contributed by atoms with Crippen molar-refractivity contribution in [2.24, 2.45) is 0 Å². The summed E-state index contributed by atoms with van der Waals surface area (Å²) in [5.74, 6) is 0.424. The molecule has 0 saturated carbocycles. The van der Waals surface area contributed by atoms with Crippen LogP contribution in [-0.2, 0) is 4.79 Å². The minimum Gasteiger partial charge on any atom is -0.343 e. The predicted molar refractivity (Wildman–Crippen MR) is 106 cm³/mol. The van der Waals surface area contributed by atoms with Crippen LogP contribution >= 0.6 is 11.3 Å². The Kier molecular flexibility index (Phi) is 4.26. The Labute approximate surface area is 160 Å². The third-order valence-electron chi connectivity index (χ3n) is 4.59. The number of carbonyl (C=O) groups excluding carboxylic acids is 1. The third-order valence-corrected chi connectivity index (χ3v) is 5.52. The van der Waals surface area contributed by atoms with Crippen LogP contribution in [0, 0.1) is 18.3 Å². The van der Waals surface area contributed by atoms with Crippen molar-refractivity contribution in [2.45, 2.75) is 19.9 Å². The molecule has 2 aromatic heterocycles. The average Bonchev–Trinajstić information content (AvgIpc) is 3.32. The van der Waals surface area contributed by atoms with Crippen molar-refractivity contribution in [1.29, 1.82) is 5.26 Å². The number of aryl methyl sites for hydroxylation is 1. The number of benzene rings is 1. The summed E-state index contributed by atoms with van der Waals surface area (Å²) in [6, 6.07) is 13.4. The Morgan fingerprint density at radius 1 is 1.30 bits per heavy atom. The summed E-state index contributed by atoms with van der Waals surface area (Å²) < 4.78 is 1.71. The van der Waals surface area contributed by atoms with Crippen molar-refractivity contribution < 1.29 is 4.79 Å². The molecule has 0 unspecified atom stereocenters. The maximum Gasteiger partial charge on any atom is 0.255 e. The Hall–Kier alpha value is -3.37. The number of thiophene rings is 1. The molecule has 27 heavy (non-hydrogen) atoms. The first-order chi connectivity index (χ1) is 13.1. The summed E-state index contributed by atoms with van der Waals surface area (Å²) in [4.78, 5) is 14.2. The van der Waals surface area contributed by atoms with Gasteiger partial charge in [-0.2, -0.15) is 10.4 Å². The van der Waals surface area contributed by atoms with Gasteiger partial charge in [-0.05, 0) is 36.9 Å². The summed E-state index contributed by atoms with van der Waals surface area (Å²) in [5.41, 5.74) is 3.52. The topological polar surface area (TPSA) is 82.7 Å². The Morgan fingerprint density at radius 3 is 2.81 bits per heavy atom. The van der Waals surface area contributed by atoms with E-state index in [0.29, 0.717) is 22.7 Å². The largest absolute Gasteiger partial charge is 0.343 e. The standard InChI is InChI=1S/C20H17N5OS/c1-12-6-3-4-7-15(12)24-20(26)17-13(2)23-19-14(10-21)11-22-25(19)18(17)16-8-5-9-27-16/h3-9,11,18,23H,1-2H3,(H,24,26)/t18-/m0/s1. The van der Waals surface area contributed by atoms with E-state index in [1.165, 1.54) is 6.20 Å². The number of nitrogens with zero attached hydrogens (tertiary/aromatic N) is 3. The highest BCUT2D eigenvalue weighted by molar-refractivity contribution is 7.10. The SMILES string of the molecule is CC1=C(C(=O)Nc2ccccc2C)[C@H](c2cccs2)n2ncc(C#N)c2N1. The van der Waals surface area contributed by atoms with Gasteiger partial charge < -0.3 is 10.6 Å². The van der Waals surface area contributed by atoms with Crippen molar-refractivity contribution in [3.05, 3.63) is 75.2 Å². The number of fused-ring (bicyclic) bond motifs is 1. The number of carbonyl (C=O) groups is 1. The normalized spacial score (nSPS) is 15.7. The predicted octanol–water partition coefficient (Wildman–Crippen LogP) is 4.05. The fourth-order valence-electron chi connectivity index (χ4n) is 3.24. The number of nitrogens with one attached hydrogen (secondary N) is 2. The van der Waals surface area contributed by atoms with Crippen molar-refractivity contribution in [2.75, 3.05) is 10.6 Å². The highest BCUT2D eigenvalue weighted by Gasteiger charge is 2.34. The van der Waals surface area contributed by atoms with E-state index >= 15 is 0 Å². The molecule has 0 bridgehead atoms. The van der Waals surface area contributed by atoms with Gasteiger partial charge in [-0.1, -0.05) is 24.3 Å². The van der Waals surface area contributed by atoms with E-state index in [-0.39, 0.29) is 11.9 Å². The summed E-state index contributed by atoms with van der Waals surface area (Å²) in [5, 5.41) is 21.9. The average molecular weight is 375 g/mol. The van der Waals surface area contributed by atoms with Crippen LogP contribution in [0.1, 0.15) is 29.0 Å². The zero-order valence-electron chi connectivity index (χ0n) is 14.9.